The maximum atomic E-state index is 12.4. The van der Waals surface area contributed by atoms with E-state index in [0.717, 1.165) is 18.4 Å². The Labute approximate surface area is 126 Å². The van der Waals surface area contributed by atoms with Crippen molar-refractivity contribution in [3.05, 3.63) is 35.9 Å². The molecule has 0 radical (unpaired) electrons. The molecule has 1 aromatic carbocycles. The minimum Gasteiger partial charge on any atom is -0.467 e. The Morgan fingerprint density at radius 1 is 1.38 bits per heavy atom. The summed E-state index contributed by atoms with van der Waals surface area (Å²) in [5, 5.41) is 0. The zero-order valence-electron chi connectivity index (χ0n) is 12.7. The molecule has 1 fully saturated rings. The Bertz CT molecular complexity index is 486. The van der Waals surface area contributed by atoms with E-state index in [1.165, 1.54) is 7.11 Å². The van der Waals surface area contributed by atoms with Crippen LogP contribution in [0.1, 0.15) is 31.7 Å². The molecule has 0 aromatic heterocycles. The highest BCUT2D eigenvalue weighted by molar-refractivity contribution is 5.85. The molecule has 4 nitrogen and oxygen atoms in total. The molecule has 2 rings (SSSR count). The number of carbonyl (C=O) groups is 2. The Hall–Kier alpha value is -1.84. The summed E-state index contributed by atoms with van der Waals surface area (Å²) < 4.78 is 4.92. The van der Waals surface area contributed by atoms with Crippen molar-refractivity contribution in [2.45, 2.75) is 38.6 Å². The summed E-state index contributed by atoms with van der Waals surface area (Å²) in [5.41, 5.74) is 1.04. The number of nitrogens with zero attached hydrogens (tertiary/aromatic N) is 1. The van der Waals surface area contributed by atoms with Gasteiger partial charge in [-0.3, -0.25) is 4.79 Å². The van der Waals surface area contributed by atoms with E-state index in [0.29, 0.717) is 25.3 Å². The third-order valence-electron chi connectivity index (χ3n) is 4.06. The molecule has 0 N–H and O–H groups in total. The summed E-state index contributed by atoms with van der Waals surface area (Å²) in [6.45, 7) is 2.72. The number of hydrogen-bond donors (Lipinski definition) is 0. The second-order valence-corrected chi connectivity index (χ2v) is 5.77. The normalized spacial score (nSPS) is 20.8. The van der Waals surface area contributed by atoms with Gasteiger partial charge in [0.25, 0.3) is 0 Å². The van der Waals surface area contributed by atoms with Crippen LogP contribution in [0.3, 0.4) is 0 Å². The van der Waals surface area contributed by atoms with E-state index in [1.807, 2.05) is 30.3 Å². The average Bonchev–Trinajstić information content (AvgIpc) is 2.65. The quantitative estimate of drug-likeness (QED) is 0.800. The van der Waals surface area contributed by atoms with E-state index in [4.69, 9.17) is 4.74 Å². The smallest absolute Gasteiger partial charge is 0.328 e. The SMILES string of the molecule is COC(=O)[C@@H](Cc1ccccc1)N1CCC[C@@H](C)CC1=O. The lowest BCUT2D eigenvalue weighted by molar-refractivity contribution is -0.152. The molecule has 2 atom stereocenters. The lowest BCUT2D eigenvalue weighted by Crippen LogP contribution is -2.46. The van der Waals surface area contributed by atoms with Crippen molar-refractivity contribution in [3.63, 3.8) is 0 Å². The van der Waals surface area contributed by atoms with Crippen LogP contribution in [-0.2, 0) is 20.7 Å². The summed E-state index contributed by atoms with van der Waals surface area (Å²) in [5.74, 6) is 0.116. The van der Waals surface area contributed by atoms with Gasteiger partial charge in [0.05, 0.1) is 7.11 Å². The van der Waals surface area contributed by atoms with Crippen molar-refractivity contribution >= 4 is 11.9 Å². The number of rotatable bonds is 4. The molecule has 21 heavy (non-hydrogen) atoms. The topological polar surface area (TPSA) is 46.6 Å². The van der Waals surface area contributed by atoms with Gasteiger partial charge in [-0.1, -0.05) is 37.3 Å². The molecule has 1 amide bonds. The number of likely N-dealkylation sites (tertiary alicyclic amines) is 1. The number of methoxy groups -OCH3 is 1. The third-order valence-corrected chi connectivity index (χ3v) is 4.06. The minimum atomic E-state index is -0.518. The van der Waals surface area contributed by atoms with Gasteiger partial charge >= 0.3 is 5.97 Å². The fourth-order valence-corrected chi connectivity index (χ4v) is 2.88. The molecule has 1 aliphatic rings. The first kappa shape index (κ1) is 15.5. The van der Waals surface area contributed by atoms with Crippen molar-refractivity contribution in [1.29, 1.82) is 0 Å². The summed E-state index contributed by atoms with van der Waals surface area (Å²) in [6, 6.07) is 9.25. The lowest BCUT2D eigenvalue weighted by Gasteiger charge is -2.29. The second kappa shape index (κ2) is 7.25. The van der Waals surface area contributed by atoms with Crippen molar-refractivity contribution in [2.75, 3.05) is 13.7 Å². The highest BCUT2D eigenvalue weighted by atomic mass is 16.5. The number of benzene rings is 1. The van der Waals surface area contributed by atoms with Gasteiger partial charge in [-0.05, 0) is 24.3 Å². The van der Waals surface area contributed by atoms with E-state index in [2.05, 4.69) is 6.92 Å². The Balaban J connectivity index is 2.18. The summed E-state index contributed by atoms with van der Waals surface area (Å²) in [6.07, 6.45) is 2.99. The van der Waals surface area contributed by atoms with Gasteiger partial charge in [0, 0.05) is 19.4 Å². The van der Waals surface area contributed by atoms with Gasteiger partial charge in [-0.25, -0.2) is 4.79 Å². The van der Waals surface area contributed by atoms with Gasteiger partial charge in [0.1, 0.15) is 6.04 Å². The monoisotopic (exact) mass is 289 g/mol. The number of amides is 1. The number of esters is 1. The molecule has 0 aliphatic carbocycles. The first-order valence-corrected chi connectivity index (χ1v) is 7.53. The van der Waals surface area contributed by atoms with E-state index >= 15 is 0 Å². The standard InChI is InChI=1S/C17H23NO3/c1-13-7-6-10-18(16(19)11-13)15(17(20)21-2)12-14-8-4-3-5-9-14/h3-5,8-9,13,15H,6-7,10-12H2,1-2H3/t13-,15-/m1/s1. The van der Waals surface area contributed by atoms with Crippen LogP contribution < -0.4 is 0 Å². The van der Waals surface area contributed by atoms with E-state index in [-0.39, 0.29) is 11.9 Å². The first-order chi connectivity index (χ1) is 10.1. The molecule has 1 saturated heterocycles. The zero-order valence-corrected chi connectivity index (χ0v) is 12.7. The number of ether oxygens (including phenoxy) is 1. The Morgan fingerprint density at radius 3 is 2.76 bits per heavy atom. The Morgan fingerprint density at radius 2 is 2.10 bits per heavy atom. The first-order valence-electron chi connectivity index (χ1n) is 7.53. The molecule has 0 saturated carbocycles. The highest BCUT2D eigenvalue weighted by Crippen LogP contribution is 2.21. The maximum Gasteiger partial charge on any atom is 0.328 e. The predicted octanol–water partition coefficient (Wildman–Crippen LogP) is 2.42. The molecular weight excluding hydrogens is 266 g/mol. The molecule has 0 bridgehead atoms. The third kappa shape index (κ3) is 4.06. The largest absolute Gasteiger partial charge is 0.467 e. The Kier molecular flexibility index (Phi) is 5.37. The van der Waals surface area contributed by atoms with Crippen LogP contribution in [0.2, 0.25) is 0 Å². The molecule has 1 heterocycles. The maximum absolute atomic E-state index is 12.4. The minimum absolute atomic E-state index is 0.0614. The van der Waals surface area contributed by atoms with Crippen LogP contribution >= 0.6 is 0 Å². The molecule has 0 spiro atoms. The molecular formula is C17H23NO3. The van der Waals surface area contributed by atoms with Gasteiger partial charge in [-0.2, -0.15) is 0 Å². The molecule has 1 aromatic rings. The molecule has 0 unspecified atom stereocenters. The van der Waals surface area contributed by atoms with Crippen molar-refractivity contribution in [3.8, 4) is 0 Å². The highest BCUT2D eigenvalue weighted by Gasteiger charge is 2.32. The number of carbonyl (C=O) groups excluding carboxylic acids is 2. The van der Waals surface area contributed by atoms with Crippen LogP contribution in [0.15, 0.2) is 30.3 Å². The fourth-order valence-electron chi connectivity index (χ4n) is 2.88. The van der Waals surface area contributed by atoms with Crippen LogP contribution in [0.5, 0.6) is 0 Å². The van der Waals surface area contributed by atoms with Crippen molar-refractivity contribution in [2.24, 2.45) is 5.92 Å². The van der Waals surface area contributed by atoms with Crippen molar-refractivity contribution < 1.29 is 14.3 Å². The molecule has 4 heteroatoms. The number of hydrogen-bond acceptors (Lipinski definition) is 3. The fraction of sp³-hybridized carbons (Fsp3) is 0.529. The lowest BCUT2D eigenvalue weighted by atomic mass is 10.0. The summed E-state index contributed by atoms with van der Waals surface area (Å²) in [7, 11) is 1.38. The van der Waals surface area contributed by atoms with E-state index < -0.39 is 6.04 Å². The molecule has 114 valence electrons. The average molecular weight is 289 g/mol. The van der Waals surface area contributed by atoms with E-state index in [1.54, 1.807) is 4.90 Å². The van der Waals surface area contributed by atoms with E-state index in [9.17, 15) is 9.59 Å². The van der Waals surface area contributed by atoms with Gasteiger partial charge < -0.3 is 9.64 Å². The predicted molar refractivity (Wildman–Crippen MR) is 80.7 cm³/mol. The second-order valence-electron chi connectivity index (χ2n) is 5.77. The van der Waals surface area contributed by atoms with Gasteiger partial charge in [-0.15, -0.1) is 0 Å². The van der Waals surface area contributed by atoms with Crippen LogP contribution in [0.4, 0.5) is 0 Å². The van der Waals surface area contributed by atoms with Crippen LogP contribution in [-0.4, -0.2) is 36.5 Å². The van der Waals surface area contributed by atoms with Gasteiger partial charge in [0.2, 0.25) is 5.91 Å². The molecule has 1 aliphatic heterocycles. The van der Waals surface area contributed by atoms with Gasteiger partial charge in [0.15, 0.2) is 0 Å². The van der Waals surface area contributed by atoms with Crippen LogP contribution in [0, 0.1) is 5.92 Å². The van der Waals surface area contributed by atoms with Crippen molar-refractivity contribution in [1.82, 2.24) is 4.90 Å². The summed E-state index contributed by atoms with van der Waals surface area (Å²) >= 11 is 0. The summed E-state index contributed by atoms with van der Waals surface area (Å²) in [4.78, 5) is 26.2. The van der Waals surface area contributed by atoms with Crippen LogP contribution in [0.25, 0.3) is 0 Å². The zero-order chi connectivity index (χ0) is 15.2.